The zero-order valence-corrected chi connectivity index (χ0v) is 4.94. The minimum absolute atomic E-state index is 0.643. The zero-order valence-electron chi connectivity index (χ0n) is 4.94. The molecule has 0 amide bonds. The van der Waals surface area contributed by atoms with E-state index in [1.165, 1.54) is 19.1 Å². The molecule has 0 atom stereocenters. The first kappa shape index (κ1) is 5.81. The van der Waals surface area contributed by atoms with Crippen LogP contribution in [0, 0.1) is 6.92 Å². The number of aryl methyl sites for hydroxylation is 1. The molecule has 0 aliphatic carbocycles. The highest BCUT2D eigenvalue weighted by atomic mass is 16.4. The van der Waals surface area contributed by atoms with Gasteiger partial charge in [0.25, 0.3) is 0 Å². The molecule has 0 saturated carbocycles. The van der Waals surface area contributed by atoms with Gasteiger partial charge >= 0.3 is 0 Å². The molecule has 0 unspecified atom stereocenters. The molecule has 4 heteroatoms. The molecule has 0 spiro atoms. The third kappa shape index (κ3) is 1.94. The minimum Gasteiger partial charge on any atom is -0.448 e. The molecule has 0 aliphatic heterocycles. The largest absolute Gasteiger partial charge is 0.448 e. The monoisotopic (exact) mass is 126 g/mol. The molecule has 0 N–H and O–H groups in total. The van der Waals surface area contributed by atoms with Gasteiger partial charge in [-0.3, -0.25) is 0 Å². The Morgan fingerprint density at radius 3 is 3.00 bits per heavy atom. The van der Waals surface area contributed by atoms with Crippen molar-refractivity contribution in [2.24, 2.45) is 0 Å². The van der Waals surface area contributed by atoms with Crippen LogP contribution in [0.1, 0.15) is 5.76 Å². The van der Waals surface area contributed by atoms with E-state index < -0.39 is 0 Å². The Morgan fingerprint density at radius 2 is 2.11 bits per heavy atom. The van der Waals surface area contributed by atoms with Crippen molar-refractivity contribution >= 4 is 0 Å². The normalized spacial score (nSPS) is 8.56. The van der Waals surface area contributed by atoms with E-state index in [2.05, 4.69) is 10.2 Å². The maximum atomic E-state index is 4.81. The van der Waals surface area contributed by atoms with Crippen molar-refractivity contribution in [1.82, 2.24) is 10.2 Å². The molecule has 0 saturated heterocycles. The molecule has 4 nitrogen and oxygen atoms in total. The third-order valence-corrected chi connectivity index (χ3v) is 0.694. The maximum absolute atomic E-state index is 4.81. The van der Waals surface area contributed by atoms with E-state index >= 15 is 0 Å². The van der Waals surface area contributed by atoms with Crippen LogP contribution in [0.4, 0.5) is 0 Å². The molecule has 0 aliphatic rings. The lowest BCUT2D eigenvalue weighted by Gasteiger charge is -1.81. The Morgan fingerprint density at radius 1 is 1.33 bits per heavy atom. The average molecular weight is 126 g/mol. The van der Waals surface area contributed by atoms with Crippen molar-refractivity contribution in [3.05, 3.63) is 24.8 Å². The summed E-state index contributed by atoms with van der Waals surface area (Å²) < 4.78 is 9.51. The first-order chi connectivity index (χ1) is 4.39. The van der Waals surface area contributed by atoms with E-state index in [9.17, 15) is 0 Å². The van der Waals surface area contributed by atoms with Crippen LogP contribution in [0.5, 0.6) is 0 Å². The van der Waals surface area contributed by atoms with Crippen LogP contribution in [-0.2, 0) is 0 Å². The topological polar surface area (TPSA) is 52.1 Å². The number of aromatic nitrogens is 2. The van der Waals surface area contributed by atoms with Gasteiger partial charge in [0.05, 0.1) is 0 Å². The second-order valence-corrected chi connectivity index (χ2v) is 1.42. The lowest BCUT2D eigenvalue weighted by Crippen LogP contribution is -1.71. The molecule has 0 fully saturated rings. The summed E-state index contributed by atoms with van der Waals surface area (Å²) in [5.74, 6) is 0.643. The molecular formula is C5H6N2O2. The molecule has 9 heavy (non-hydrogen) atoms. The van der Waals surface area contributed by atoms with Gasteiger partial charge in [0.15, 0.2) is 0 Å². The van der Waals surface area contributed by atoms with Crippen molar-refractivity contribution in [3.8, 4) is 0 Å². The lowest BCUT2D eigenvalue weighted by atomic mass is 10.6. The first-order valence-corrected chi connectivity index (χ1v) is 2.42. The van der Waals surface area contributed by atoms with E-state index in [-0.39, 0.29) is 0 Å². The van der Waals surface area contributed by atoms with Gasteiger partial charge in [-0.15, -0.1) is 10.2 Å². The fraction of sp³-hybridized carbons (Fsp3) is 0.200. The van der Waals surface area contributed by atoms with Crippen LogP contribution < -0.4 is 0 Å². The van der Waals surface area contributed by atoms with Crippen LogP contribution in [0.15, 0.2) is 27.9 Å². The number of hydrogen-bond donors (Lipinski definition) is 0. The zero-order chi connectivity index (χ0) is 6.53. The Balaban J connectivity index is 3.08. The van der Waals surface area contributed by atoms with E-state index in [0.29, 0.717) is 5.76 Å². The van der Waals surface area contributed by atoms with Gasteiger partial charge in [0.1, 0.15) is 12.0 Å². The van der Waals surface area contributed by atoms with Gasteiger partial charge in [-0.25, -0.2) is 0 Å². The summed E-state index contributed by atoms with van der Waals surface area (Å²) >= 11 is 0. The molecule has 48 valence electrons. The van der Waals surface area contributed by atoms with Crippen LogP contribution in [0.2, 0.25) is 0 Å². The van der Waals surface area contributed by atoms with Gasteiger partial charge in [-0.05, 0) is 6.92 Å². The highest BCUT2D eigenvalue weighted by Gasteiger charge is 1.75. The maximum Gasteiger partial charge on any atom is 0.201 e. The van der Waals surface area contributed by atoms with E-state index in [1.54, 1.807) is 6.92 Å². The predicted octanol–water partition coefficient (Wildman–Crippen LogP) is 1.10. The summed E-state index contributed by atoms with van der Waals surface area (Å²) in [5.41, 5.74) is 0. The number of nitrogens with zero attached hydrogens (tertiary/aromatic N) is 2. The molecule has 0 bridgehead atoms. The fourth-order valence-corrected chi connectivity index (χ4v) is 0.342. The van der Waals surface area contributed by atoms with Crippen molar-refractivity contribution in [3.63, 3.8) is 0 Å². The van der Waals surface area contributed by atoms with Crippen LogP contribution in [0.3, 0.4) is 0 Å². The molecule has 0 aromatic carbocycles. The summed E-state index contributed by atoms with van der Waals surface area (Å²) in [6.45, 7) is 1.76. The summed E-state index contributed by atoms with van der Waals surface area (Å²) in [4.78, 5) is 0. The summed E-state index contributed by atoms with van der Waals surface area (Å²) in [6, 6.07) is 0. The Labute approximate surface area is 51.8 Å². The SMILES string of the molecule is Cc1cocnnco1. The predicted molar refractivity (Wildman–Crippen MR) is 28.9 cm³/mol. The Bertz CT molecular complexity index is 195. The Kier molecular flexibility index (Phi) is 1.85. The molecule has 1 rings (SSSR count). The van der Waals surface area contributed by atoms with Crippen molar-refractivity contribution in [2.45, 2.75) is 6.92 Å². The van der Waals surface area contributed by atoms with Crippen LogP contribution in [0.25, 0.3) is 0 Å². The Hall–Kier alpha value is -1.32. The van der Waals surface area contributed by atoms with E-state index in [0.717, 1.165) is 0 Å². The molecule has 0 radical (unpaired) electrons. The summed E-state index contributed by atoms with van der Waals surface area (Å²) in [6.07, 6.45) is 3.90. The summed E-state index contributed by atoms with van der Waals surface area (Å²) in [5, 5.41) is 6.86. The molecule has 1 aromatic heterocycles. The number of hydrogen-bond acceptors (Lipinski definition) is 4. The smallest absolute Gasteiger partial charge is 0.201 e. The van der Waals surface area contributed by atoms with E-state index in [1.807, 2.05) is 0 Å². The quantitative estimate of drug-likeness (QED) is 0.522. The van der Waals surface area contributed by atoms with Crippen LogP contribution in [-0.4, -0.2) is 10.2 Å². The highest BCUT2D eigenvalue weighted by molar-refractivity contribution is 4.74. The molecular weight excluding hydrogens is 120 g/mol. The summed E-state index contributed by atoms with van der Waals surface area (Å²) in [7, 11) is 0. The fourth-order valence-electron chi connectivity index (χ4n) is 0.342. The van der Waals surface area contributed by atoms with Crippen molar-refractivity contribution in [1.29, 1.82) is 0 Å². The molecule has 1 heterocycles. The lowest BCUT2D eigenvalue weighted by molar-refractivity contribution is 0.433. The second-order valence-electron chi connectivity index (χ2n) is 1.42. The first-order valence-electron chi connectivity index (χ1n) is 2.42. The van der Waals surface area contributed by atoms with Crippen molar-refractivity contribution in [2.75, 3.05) is 0 Å². The van der Waals surface area contributed by atoms with Crippen molar-refractivity contribution < 1.29 is 8.83 Å². The third-order valence-electron chi connectivity index (χ3n) is 0.694. The van der Waals surface area contributed by atoms with Gasteiger partial charge in [0, 0.05) is 0 Å². The average Bonchev–Trinajstić information content (AvgIpc) is 1.79. The number of rotatable bonds is 0. The highest BCUT2D eigenvalue weighted by Crippen LogP contribution is 1.87. The van der Waals surface area contributed by atoms with Gasteiger partial charge in [-0.2, -0.15) is 0 Å². The van der Waals surface area contributed by atoms with Gasteiger partial charge in [-0.1, -0.05) is 0 Å². The van der Waals surface area contributed by atoms with Gasteiger partial charge < -0.3 is 8.83 Å². The second kappa shape index (κ2) is 2.86. The minimum atomic E-state index is 0.643. The van der Waals surface area contributed by atoms with Crippen LogP contribution >= 0.6 is 0 Å². The standard InChI is InChI=1S/C5H6N2O2/c1-5-2-8-3-6-7-4-9-5/h2-4H,1H3. The van der Waals surface area contributed by atoms with Gasteiger partial charge in [0.2, 0.25) is 12.8 Å². The molecule has 1 aromatic rings. The van der Waals surface area contributed by atoms with E-state index in [4.69, 9.17) is 8.83 Å².